The van der Waals surface area contributed by atoms with E-state index in [1.165, 1.54) is 11.1 Å². The molecule has 0 aliphatic heterocycles. The van der Waals surface area contributed by atoms with Gasteiger partial charge in [0.15, 0.2) is 6.29 Å². The number of aromatic nitrogens is 2. The zero-order chi connectivity index (χ0) is 10.8. The lowest BCUT2D eigenvalue weighted by Gasteiger charge is -2.04. The number of aldehydes is 1. The van der Waals surface area contributed by atoms with Crippen molar-refractivity contribution in [2.75, 3.05) is 0 Å². The Kier molecular flexibility index (Phi) is 2.37. The van der Waals surface area contributed by atoms with E-state index in [2.05, 4.69) is 11.2 Å². The van der Waals surface area contributed by atoms with E-state index >= 15 is 0 Å². The molecule has 76 valence electrons. The van der Waals surface area contributed by atoms with E-state index in [-0.39, 0.29) is 0 Å². The fourth-order valence-electron chi connectivity index (χ4n) is 1.62. The van der Waals surface area contributed by atoms with E-state index in [0.29, 0.717) is 5.56 Å². The Morgan fingerprint density at radius 3 is 2.40 bits per heavy atom. The van der Waals surface area contributed by atoms with Crippen molar-refractivity contribution >= 4 is 6.29 Å². The first-order chi connectivity index (χ1) is 7.19. The Bertz CT molecular complexity index is 480. The molecule has 0 bridgehead atoms. The van der Waals surface area contributed by atoms with Crippen LogP contribution in [0.5, 0.6) is 0 Å². The highest BCUT2D eigenvalue weighted by Crippen LogP contribution is 2.13. The summed E-state index contributed by atoms with van der Waals surface area (Å²) in [6.07, 6.45) is 4.08. The number of rotatable bonds is 2. The minimum Gasteiger partial charge on any atom is -0.298 e. The Balaban J connectivity index is 2.48. The third-order valence-electron chi connectivity index (χ3n) is 2.21. The maximum absolute atomic E-state index is 10.5. The lowest BCUT2D eigenvalue weighted by atomic mass is 10.1. The summed E-state index contributed by atoms with van der Waals surface area (Å²) >= 11 is 0. The molecule has 0 unspecified atom stereocenters. The third-order valence-corrected chi connectivity index (χ3v) is 2.21. The molecule has 1 aromatic heterocycles. The van der Waals surface area contributed by atoms with Crippen LogP contribution in [-0.2, 0) is 0 Å². The van der Waals surface area contributed by atoms with Gasteiger partial charge in [0, 0.05) is 6.20 Å². The molecule has 0 saturated heterocycles. The number of carbonyl (C=O) groups is 1. The molecule has 0 aliphatic rings. The number of carbonyl (C=O) groups excluding carboxylic acids is 1. The predicted octanol–water partition coefficient (Wildman–Crippen LogP) is 2.30. The van der Waals surface area contributed by atoms with Crippen LogP contribution in [0.15, 0.2) is 30.6 Å². The van der Waals surface area contributed by atoms with Gasteiger partial charge in [0.25, 0.3) is 0 Å². The number of hydrogen-bond donors (Lipinski definition) is 0. The zero-order valence-corrected chi connectivity index (χ0v) is 8.77. The van der Waals surface area contributed by atoms with Crippen LogP contribution in [0.3, 0.4) is 0 Å². The number of benzene rings is 1. The van der Waals surface area contributed by atoms with Crippen molar-refractivity contribution in [3.63, 3.8) is 0 Å². The van der Waals surface area contributed by atoms with E-state index in [1.54, 1.807) is 17.1 Å². The average Bonchev–Trinajstić information content (AvgIpc) is 2.64. The SMILES string of the molecule is Cc1cc(C)cc(-n2cc(C=O)cn2)c1. The van der Waals surface area contributed by atoms with E-state index in [9.17, 15) is 4.79 Å². The summed E-state index contributed by atoms with van der Waals surface area (Å²) < 4.78 is 1.71. The molecule has 2 aromatic rings. The first-order valence-corrected chi connectivity index (χ1v) is 4.77. The van der Waals surface area contributed by atoms with Crippen LogP contribution in [0.1, 0.15) is 21.5 Å². The van der Waals surface area contributed by atoms with Crippen molar-refractivity contribution in [3.8, 4) is 5.69 Å². The van der Waals surface area contributed by atoms with E-state index in [0.717, 1.165) is 12.0 Å². The Morgan fingerprint density at radius 1 is 1.20 bits per heavy atom. The second-order valence-corrected chi connectivity index (χ2v) is 3.68. The molecule has 0 saturated carbocycles. The van der Waals surface area contributed by atoms with Gasteiger partial charge in [0.1, 0.15) is 0 Å². The molecule has 3 heteroatoms. The van der Waals surface area contributed by atoms with Crippen molar-refractivity contribution in [2.24, 2.45) is 0 Å². The maximum atomic E-state index is 10.5. The van der Waals surface area contributed by atoms with E-state index < -0.39 is 0 Å². The quantitative estimate of drug-likeness (QED) is 0.697. The van der Waals surface area contributed by atoms with E-state index in [1.807, 2.05) is 26.0 Å². The number of hydrogen-bond acceptors (Lipinski definition) is 2. The second-order valence-electron chi connectivity index (χ2n) is 3.68. The summed E-state index contributed by atoms with van der Waals surface area (Å²) in [6.45, 7) is 4.08. The van der Waals surface area contributed by atoms with Crippen LogP contribution in [0.25, 0.3) is 5.69 Å². The smallest absolute Gasteiger partial charge is 0.153 e. The topological polar surface area (TPSA) is 34.9 Å². The van der Waals surface area contributed by atoms with Crippen molar-refractivity contribution in [3.05, 3.63) is 47.3 Å². The molecule has 15 heavy (non-hydrogen) atoms. The van der Waals surface area contributed by atoms with Crippen molar-refractivity contribution in [1.82, 2.24) is 9.78 Å². The van der Waals surface area contributed by atoms with Gasteiger partial charge < -0.3 is 0 Å². The molecule has 1 aromatic carbocycles. The molecule has 0 N–H and O–H groups in total. The molecule has 1 heterocycles. The van der Waals surface area contributed by atoms with Gasteiger partial charge in [-0.2, -0.15) is 5.10 Å². The molecule has 3 nitrogen and oxygen atoms in total. The lowest BCUT2D eigenvalue weighted by molar-refractivity contribution is 0.112. The highest BCUT2D eigenvalue weighted by Gasteiger charge is 2.01. The normalized spacial score (nSPS) is 10.3. The van der Waals surface area contributed by atoms with Crippen molar-refractivity contribution in [2.45, 2.75) is 13.8 Å². The van der Waals surface area contributed by atoms with E-state index in [4.69, 9.17) is 0 Å². The van der Waals surface area contributed by atoms with Gasteiger partial charge >= 0.3 is 0 Å². The highest BCUT2D eigenvalue weighted by molar-refractivity contribution is 5.73. The molecule has 0 atom stereocenters. The minimum atomic E-state index is 0.592. The molecular formula is C12H12N2O. The van der Waals surface area contributed by atoms with Crippen LogP contribution in [0, 0.1) is 13.8 Å². The van der Waals surface area contributed by atoms with Crippen LogP contribution in [0.4, 0.5) is 0 Å². The van der Waals surface area contributed by atoms with Crippen molar-refractivity contribution < 1.29 is 4.79 Å². The third kappa shape index (κ3) is 1.96. The van der Waals surface area contributed by atoms with Gasteiger partial charge in [-0.15, -0.1) is 0 Å². The molecule has 0 fully saturated rings. The van der Waals surface area contributed by atoms with Crippen LogP contribution < -0.4 is 0 Å². The average molecular weight is 200 g/mol. The summed E-state index contributed by atoms with van der Waals surface area (Å²) in [5.41, 5.74) is 3.95. The first kappa shape index (κ1) is 9.65. The minimum absolute atomic E-state index is 0.592. The summed E-state index contributed by atoms with van der Waals surface area (Å²) in [5, 5.41) is 4.12. The van der Waals surface area contributed by atoms with Gasteiger partial charge in [-0.05, 0) is 37.1 Å². The summed E-state index contributed by atoms with van der Waals surface area (Å²) in [5.74, 6) is 0. The largest absolute Gasteiger partial charge is 0.298 e. The molecule has 0 spiro atoms. The van der Waals surface area contributed by atoms with Crippen molar-refractivity contribution in [1.29, 1.82) is 0 Å². The van der Waals surface area contributed by atoms with Crippen LogP contribution in [0.2, 0.25) is 0 Å². The first-order valence-electron chi connectivity index (χ1n) is 4.77. The highest BCUT2D eigenvalue weighted by atomic mass is 16.1. The lowest BCUT2D eigenvalue weighted by Crippen LogP contribution is -1.95. The Morgan fingerprint density at radius 2 is 1.87 bits per heavy atom. The zero-order valence-electron chi connectivity index (χ0n) is 8.77. The number of aryl methyl sites for hydroxylation is 2. The molecule has 0 amide bonds. The van der Waals surface area contributed by atoms with Gasteiger partial charge in [0.05, 0.1) is 17.4 Å². The standard InChI is InChI=1S/C12H12N2O/c1-9-3-10(2)5-12(4-9)14-7-11(8-15)6-13-14/h3-8H,1-2H3. The molecular weight excluding hydrogens is 188 g/mol. The summed E-state index contributed by atoms with van der Waals surface area (Å²) in [6, 6.07) is 6.18. The molecule has 0 aliphatic carbocycles. The van der Waals surface area contributed by atoms with Gasteiger partial charge in [-0.3, -0.25) is 4.79 Å². The van der Waals surface area contributed by atoms with Gasteiger partial charge in [-0.1, -0.05) is 6.07 Å². The molecule has 0 radical (unpaired) electrons. The summed E-state index contributed by atoms with van der Waals surface area (Å²) in [7, 11) is 0. The predicted molar refractivity (Wildman–Crippen MR) is 58.4 cm³/mol. The Hall–Kier alpha value is -1.90. The van der Waals surface area contributed by atoms with Gasteiger partial charge in [0.2, 0.25) is 0 Å². The fourth-order valence-corrected chi connectivity index (χ4v) is 1.62. The summed E-state index contributed by atoms with van der Waals surface area (Å²) in [4.78, 5) is 10.5. The monoisotopic (exact) mass is 200 g/mol. The van der Waals surface area contributed by atoms with Crippen LogP contribution in [-0.4, -0.2) is 16.1 Å². The maximum Gasteiger partial charge on any atom is 0.153 e. The molecule has 2 rings (SSSR count). The second kappa shape index (κ2) is 3.69. The fraction of sp³-hybridized carbons (Fsp3) is 0.167. The van der Waals surface area contributed by atoms with Gasteiger partial charge in [-0.25, -0.2) is 4.68 Å². The number of nitrogens with zero attached hydrogens (tertiary/aromatic N) is 2. The van der Waals surface area contributed by atoms with Crippen LogP contribution >= 0.6 is 0 Å². The Labute approximate surface area is 88.4 Å².